The van der Waals surface area contributed by atoms with Crippen LogP contribution < -0.4 is 11.1 Å². The van der Waals surface area contributed by atoms with Gasteiger partial charge in [-0.3, -0.25) is 4.79 Å². The maximum atomic E-state index is 12.1. The van der Waals surface area contributed by atoms with E-state index in [9.17, 15) is 4.79 Å². The molecular weight excluding hydrogens is 312 g/mol. The summed E-state index contributed by atoms with van der Waals surface area (Å²) in [5.74, 6) is 0.362. The zero-order valence-electron chi connectivity index (χ0n) is 12.8. The number of nitrogens with one attached hydrogen (secondary N) is 1. The van der Waals surface area contributed by atoms with Crippen LogP contribution in [0.4, 0.5) is 5.82 Å². The van der Waals surface area contributed by atoms with E-state index in [-0.39, 0.29) is 11.9 Å². The molecule has 1 amide bonds. The highest BCUT2D eigenvalue weighted by molar-refractivity contribution is 7.09. The van der Waals surface area contributed by atoms with E-state index < -0.39 is 0 Å². The van der Waals surface area contributed by atoms with Crippen molar-refractivity contribution in [3.05, 3.63) is 35.0 Å². The van der Waals surface area contributed by atoms with Gasteiger partial charge in [-0.05, 0) is 18.4 Å². The molecule has 0 aromatic carbocycles. The van der Waals surface area contributed by atoms with Crippen molar-refractivity contribution in [1.82, 2.24) is 24.8 Å². The Balaban J connectivity index is 1.55. The molecule has 0 radical (unpaired) electrons. The Labute approximate surface area is 137 Å². The van der Waals surface area contributed by atoms with E-state index in [1.165, 1.54) is 11.2 Å². The van der Waals surface area contributed by atoms with Gasteiger partial charge in [0.2, 0.25) is 5.91 Å². The number of rotatable bonds is 6. The summed E-state index contributed by atoms with van der Waals surface area (Å²) in [6.45, 7) is 2.52. The van der Waals surface area contributed by atoms with Crippen molar-refractivity contribution in [2.24, 2.45) is 0 Å². The molecule has 3 N–H and O–H groups in total. The molecule has 3 rings (SSSR count). The number of aromatic nitrogens is 4. The lowest BCUT2D eigenvalue weighted by molar-refractivity contribution is -0.121. The van der Waals surface area contributed by atoms with Gasteiger partial charge >= 0.3 is 0 Å². The van der Waals surface area contributed by atoms with Gasteiger partial charge < -0.3 is 15.6 Å². The Bertz CT molecular complexity index is 798. The van der Waals surface area contributed by atoms with Crippen molar-refractivity contribution in [2.45, 2.75) is 32.4 Å². The Hall–Kier alpha value is -2.48. The van der Waals surface area contributed by atoms with Crippen LogP contribution in [0.1, 0.15) is 18.2 Å². The van der Waals surface area contributed by atoms with Gasteiger partial charge in [-0.2, -0.15) is 0 Å². The number of carbonyl (C=O) groups is 1. The summed E-state index contributed by atoms with van der Waals surface area (Å²) >= 11 is 1.70. The van der Waals surface area contributed by atoms with Crippen LogP contribution in [-0.4, -0.2) is 31.5 Å². The maximum absolute atomic E-state index is 12.1. The summed E-state index contributed by atoms with van der Waals surface area (Å²) in [5.41, 5.74) is 6.97. The highest BCUT2D eigenvalue weighted by atomic mass is 32.1. The fourth-order valence-corrected chi connectivity index (χ4v) is 3.25. The second-order valence-electron chi connectivity index (χ2n) is 5.37. The van der Waals surface area contributed by atoms with Crippen LogP contribution in [0.3, 0.4) is 0 Å². The van der Waals surface area contributed by atoms with Crippen LogP contribution in [0.2, 0.25) is 0 Å². The van der Waals surface area contributed by atoms with Gasteiger partial charge in [0.25, 0.3) is 0 Å². The van der Waals surface area contributed by atoms with Crippen LogP contribution in [0.5, 0.6) is 0 Å². The lowest BCUT2D eigenvalue weighted by Gasteiger charge is -2.13. The number of nitrogens with zero attached hydrogens (tertiary/aromatic N) is 4. The number of imidazole rings is 1. The number of fused-ring (bicyclic) bond motifs is 1. The minimum absolute atomic E-state index is 0.0120. The quantitative estimate of drug-likeness (QED) is 0.715. The van der Waals surface area contributed by atoms with Gasteiger partial charge in [0.05, 0.1) is 6.33 Å². The molecule has 3 aromatic heterocycles. The molecule has 0 spiro atoms. The van der Waals surface area contributed by atoms with E-state index in [0.717, 1.165) is 6.42 Å². The topological polar surface area (TPSA) is 98.7 Å². The first-order valence-corrected chi connectivity index (χ1v) is 8.24. The zero-order chi connectivity index (χ0) is 16.2. The van der Waals surface area contributed by atoms with Gasteiger partial charge in [0.1, 0.15) is 11.8 Å². The molecule has 3 heterocycles. The molecule has 0 saturated carbocycles. The highest BCUT2D eigenvalue weighted by Crippen LogP contribution is 2.14. The van der Waals surface area contributed by atoms with Gasteiger partial charge in [0.15, 0.2) is 11.5 Å². The molecule has 0 aliphatic heterocycles. The molecule has 23 heavy (non-hydrogen) atoms. The minimum Gasteiger partial charge on any atom is -0.382 e. The van der Waals surface area contributed by atoms with E-state index in [0.29, 0.717) is 29.9 Å². The minimum atomic E-state index is 0.0120. The number of anilines is 1. The fraction of sp³-hybridized carbons (Fsp3) is 0.333. The summed E-state index contributed by atoms with van der Waals surface area (Å²) in [6.07, 6.45) is 4.25. The number of nitrogen functional groups attached to an aromatic ring is 1. The average Bonchev–Trinajstić information content (AvgIpc) is 3.15. The molecule has 0 aliphatic carbocycles. The average molecular weight is 330 g/mol. The van der Waals surface area contributed by atoms with Gasteiger partial charge in [-0.25, -0.2) is 15.0 Å². The van der Waals surface area contributed by atoms with E-state index in [2.05, 4.69) is 26.3 Å². The first-order valence-electron chi connectivity index (χ1n) is 7.36. The molecule has 0 fully saturated rings. The van der Waals surface area contributed by atoms with Crippen molar-refractivity contribution < 1.29 is 4.79 Å². The predicted octanol–water partition coefficient (Wildman–Crippen LogP) is 1.61. The van der Waals surface area contributed by atoms with E-state index >= 15 is 0 Å². The molecular formula is C15H18N6OS. The smallest absolute Gasteiger partial charge is 0.222 e. The van der Waals surface area contributed by atoms with Crippen LogP contribution in [0, 0.1) is 0 Å². The molecule has 3 aromatic rings. The number of nitrogens with two attached hydrogens (primary N) is 1. The third kappa shape index (κ3) is 3.65. The van der Waals surface area contributed by atoms with E-state index in [4.69, 9.17) is 5.73 Å². The van der Waals surface area contributed by atoms with Crippen LogP contribution in [-0.2, 0) is 17.8 Å². The standard InChI is InChI=1S/C15H18N6OS/c1-10(7-11-3-2-6-23-11)20-12(22)4-5-21-9-19-13-14(16)17-8-18-15(13)21/h2-3,6,8-10H,4-5,7H2,1H3,(H,20,22)(H2,16,17,18). The maximum Gasteiger partial charge on any atom is 0.222 e. The summed E-state index contributed by atoms with van der Waals surface area (Å²) in [7, 11) is 0. The van der Waals surface area contributed by atoms with Crippen LogP contribution >= 0.6 is 11.3 Å². The largest absolute Gasteiger partial charge is 0.382 e. The summed E-state index contributed by atoms with van der Waals surface area (Å²) in [6, 6.07) is 4.21. The van der Waals surface area contributed by atoms with Gasteiger partial charge in [0, 0.05) is 30.3 Å². The summed E-state index contributed by atoms with van der Waals surface area (Å²) < 4.78 is 1.82. The number of aryl methyl sites for hydroxylation is 1. The Morgan fingerprint density at radius 3 is 3.09 bits per heavy atom. The van der Waals surface area contributed by atoms with Crippen LogP contribution in [0.25, 0.3) is 11.2 Å². The third-order valence-corrected chi connectivity index (χ3v) is 4.40. The van der Waals surface area contributed by atoms with Crippen molar-refractivity contribution in [2.75, 3.05) is 5.73 Å². The number of carbonyl (C=O) groups excluding carboxylic acids is 1. The van der Waals surface area contributed by atoms with Crippen molar-refractivity contribution in [3.63, 3.8) is 0 Å². The summed E-state index contributed by atoms with van der Waals surface area (Å²) in [5, 5.41) is 5.06. The van der Waals surface area contributed by atoms with E-state index in [1.807, 2.05) is 22.9 Å². The van der Waals surface area contributed by atoms with E-state index in [1.54, 1.807) is 17.7 Å². The molecule has 0 aliphatic rings. The second-order valence-corrected chi connectivity index (χ2v) is 6.40. The molecule has 0 bridgehead atoms. The number of amides is 1. The first kappa shape index (κ1) is 15.4. The Morgan fingerprint density at radius 2 is 2.30 bits per heavy atom. The predicted molar refractivity (Wildman–Crippen MR) is 90.0 cm³/mol. The van der Waals surface area contributed by atoms with Crippen molar-refractivity contribution in [3.8, 4) is 0 Å². The SMILES string of the molecule is CC(Cc1cccs1)NC(=O)CCn1cnc2c(N)ncnc21. The normalized spacial score (nSPS) is 12.4. The highest BCUT2D eigenvalue weighted by Gasteiger charge is 2.11. The first-order chi connectivity index (χ1) is 11.1. The van der Waals surface area contributed by atoms with Gasteiger partial charge in [-0.15, -0.1) is 11.3 Å². The molecule has 120 valence electrons. The monoisotopic (exact) mass is 330 g/mol. The zero-order valence-corrected chi connectivity index (χ0v) is 13.6. The Kier molecular flexibility index (Phi) is 4.52. The second kappa shape index (κ2) is 6.74. The number of thiophene rings is 1. The van der Waals surface area contributed by atoms with Crippen molar-refractivity contribution >= 4 is 34.2 Å². The fourth-order valence-electron chi connectivity index (χ4n) is 2.41. The van der Waals surface area contributed by atoms with Crippen molar-refractivity contribution in [1.29, 1.82) is 0 Å². The molecule has 8 heteroatoms. The number of hydrogen-bond donors (Lipinski definition) is 2. The Morgan fingerprint density at radius 1 is 1.43 bits per heavy atom. The third-order valence-electron chi connectivity index (χ3n) is 3.50. The van der Waals surface area contributed by atoms with Gasteiger partial charge in [-0.1, -0.05) is 6.07 Å². The molecule has 7 nitrogen and oxygen atoms in total. The lowest BCUT2D eigenvalue weighted by atomic mass is 10.2. The van der Waals surface area contributed by atoms with Crippen LogP contribution in [0.15, 0.2) is 30.2 Å². The lowest BCUT2D eigenvalue weighted by Crippen LogP contribution is -2.34. The molecule has 1 atom stereocenters. The molecule has 0 saturated heterocycles. The number of hydrogen-bond acceptors (Lipinski definition) is 6. The summed E-state index contributed by atoms with van der Waals surface area (Å²) in [4.78, 5) is 25.6. The molecule has 1 unspecified atom stereocenters.